The van der Waals surface area contributed by atoms with E-state index in [1.165, 1.54) is 0 Å². The molecule has 0 aliphatic carbocycles. The molecular formula is C21H24ClN3O2. The number of amides is 1. The van der Waals surface area contributed by atoms with E-state index in [0.717, 1.165) is 48.5 Å². The van der Waals surface area contributed by atoms with Crippen LogP contribution >= 0.6 is 11.6 Å². The fourth-order valence-electron chi connectivity index (χ4n) is 3.24. The Morgan fingerprint density at radius 3 is 2.41 bits per heavy atom. The first-order valence-corrected chi connectivity index (χ1v) is 9.65. The molecule has 0 saturated carbocycles. The number of benzene rings is 1. The van der Waals surface area contributed by atoms with Crippen molar-refractivity contribution in [2.24, 2.45) is 0 Å². The quantitative estimate of drug-likeness (QED) is 0.649. The lowest BCUT2D eigenvalue weighted by Crippen LogP contribution is -2.34. The molecular weight excluding hydrogens is 362 g/mol. The van der Waals surface area contributed by atoms with Gasteiger partial charge >= 0.3 is 0 Å². The Bertz CT molecular complexity index is 928. The van der Waals surface area contributed by atoms with Crippen molar-refractivity contribution in [1.82, 2.24) is 14.3 Å². The van der Waals surface area contributed by atoms with Gasteiger partial charge in [-0.15, -0.1) is 0 Å². The third-order valence-corrected chi connectivity index (χ3v) is 4.70. The maximum absolute atomic E-state index is 13.0. The number of aromatic hydroxyl groups is 1. The Morgan fingerprint density at radius 2 is 1.78 bits per heavy atom. The molecule has 0 unspecified atom stereocenters. The highest BCUT2D eigenvalue weighted by Crippen LogP contribution is 2.28. The summed E-state index contributed by atoms with van der Waals surface area (Å²) >= 11 is 6.19. The molecule has 5 nitrogen and oxygen atoms in total. The van der Waals surface area contributed by atoms with Crippen LogP contribution < -0.4 is 0 Å². The molecule has 1 aromatic carbocycles. The van der Waals surface area contributed by atoms with Crippen LogP contribution in [0, 0.1) is 0 Å². The standard InChI is InChI=1S/C21H24ClN3O2/c1-3-11-24(12-4-2)20(27)13-18-21(15-5-8-17(26)9-6-15)23-19-10-7-16(22)14-25(18)19/h5-10,14,26H,3-4,11-13H2,1-2H3. The summed E-state index contributed by atoms with van der Waals surface area (Å²) in [6, 6.07) is 10.5. The van der Waals surface area contributed by atoms with Crippen LogP contribution in [0.5, 0.6) is 5.75 Å². The first-order valence-electron chi connectivity index (χ1n) is 9.27. The summed E-state index contributed by atoms with van der Waals surface area (Å²) in [5.74, 6) is 0.278. The first-order chi connectivity index (χ1) is 13.0. The Hall–Kier alpha value is -2.53. The van der Waals surface area contributed by atoms with Gasteiger partial charge in [0.1, 0.15) is 11.4 Å². The fraction of sp³-hybridized carbons (Fsp3) is 0.333. The van der Waals surface area contributed by atoms with Crippen LogP contribution in [0.3, 0.4) is 0 Å². The molecule has 0 saturated heterocycles. The highest BCUT2D eigenvalue weighted by atomic mass is 35.5. The summed E-state index contributed by atoms with van der Waals surface area (Å²) in [4.78, 5) is 19.6. The number of rotatable bonds is 7. The van der Waals surface area contributed by atoms with Gasteiger partial charge in [-0.25, -0.2) is 4.98 Å². The zero-order chi connectivity index (χ0) is 19.4. The first kappa shape index (κ1) is 19.2. The monoisotopic (exact) mass is 385 g/mol. The molecule has 27 heavy (non-hydrogen) atoms. The van der Waals surface area contributed by atoms with Crippen molar-refractivity contribution in [3.05, 3.63) is 53.3 Å². The number of hydrogen-bond donors (Lipinski definition) is 1. The Morgan fingerprint density at radius 1 is 1.11 bits per heavy atom. The molecule has 0 aliphatic rings. The maximum atomic E-state index is 13.0. The number of imidazole rings is 1. The number of hydrogen-bond acceptors (Lipinski definition) is 3. The van der Waals surface area contributed by atoms with E-state index >= 15 is 0 Å². The number of phenols is 1. The summed E-state index contributed by atoms with van der Waals surface area (Å²) in [7, 11) is 0. The van der Waals surface area contributed by atoms with Gasteiger partial charge in [0.2, 0.25) is 5.91 Å². The van der Waals surface area contributed by atoms with Crippen LogP contribution in [0.2, 0.25) is 5.02 Å². The van der Waals surface area contributed by atoms with Crippen LogP contribution in [0.1, 0.15) is 32.4 Å². The molecule has 142 valence electrons. The largest absolute Gasteiger partial charge is 0.508 e. The van der Waals surface area contributed by atoms with Crippen molar-refractivity contribution in [1.29, 1.82) is 0 Å². The van der Waals surface area contributed by atoms with Gasteiger partial charge in [-0.3, -0.25) is 4.79 Å². The van der Waals surface area contributed by atoms with Crippen LogP contribution in [0.15, 0.2) is 42.6 Å². The molecule has 2 aromatic heterocycles. The van der Waals surface area contributed by atoms with E-state index in [1.807, 2.05) is 27.5 Å². The molecule has 2 heterocycles. The van der Waals surface area contributed by atoms with Gasteiger partial charge in [0.15, 0.2) is 0 Å². The SMILES string of the molecule is CCCN(CCC)C(=O)Cc1c(-c2ccc(O)cc2)nc2ccc(Cl)cn12. The number of pyridine rings is 1. The second kappa shape index (κ2) is 8.44. The van der Waals surface area contributed by atoms with Crippen molar-refractivity contribution in [3.63, 3.8) is 0 Å². The van der Waals surface area contributed by atoms with Crippen molar-refractivity contribution < 1.29 is 9.90 Å². The van der Waals surface area contributed by atoms with Gasteiger partial charge in [-0.05, 0) is 49.2 Å². The van der Waals surface area contributed by atoms with E-state index in [9.17, 15) is 9.90 Å². The molecule has 0 atom stereocenters. The number of halogens is 1. The number of phenolic OH excluding ortho intramolecular Hbond substituents is 1. The summed E-state index contributed by atoms with van der Waals surface area (Å²) in [5, 5.41) is 10.2. The minimum atomic E-state index is 0.0838. The number of nitrogens with zero attached hydrogens (tertiary/aromatic N) is 3. The van der Waals surface area contributed by atoms with Crippen molar-refractivity contribution >= 4 is 23.2 Å². The average molecular weight is 386 g/mol. The second-order valence-electron chi connectivity index (χ2n) is 6.59. The summed E-state index contributed by atoms with van der Waals surface area (Å²) in [6.07, 6.45) is 3.89. The molecule has 1 N–H and O–H groups in total. The maximum Gasteiger partial charge on any atom is 0.228 e. The highest BCUT2D eigenvalue weighted by molar-refractivity contribution is 6.30. The van der Waals surface area contributed by atoms with Gasteiger partial charge in [-0.1, -0.05) is 25.4 Å². The Balaban J connectivity index is 2.06. The van der Waals surface area contributed by atoms with Gasteiger partial charge < -0.3 is 14.4 Å². The van der Waals surface area contributed by atoms with E-state index in [0.29, 0.717) is 5.02 Å². The smallest absolute Gasteiger partial charge is 0.228 e. The summed E-state index contributed by atoms with van der Waals surface area (Å²) in [5.41, 5.74) is 3.13. The number of carbonyl (C=O) groups is 1. The topological polar surface area (TPSA) is 57.8 Å². The van der Waals surface area contributed by atoms with Crippen molar-refractivity contribution in [2.45, 2.75) is 33.1 Å². The normalized spacial score (nSPS) is 11.1. The van der Waals surface area contributed by atoms with Crippen LogP contribution in [0.4, 0.5) is 0 Å². The number of fused-ring (bicyclic) bond motifs is 1. The molecule has 6 heteroatoms. The van der Waals surface area contributed by atoms with Gasteiger partial charge in [-0.2, -0.15) is 0 Å². The van der Waals surface area contributed by atoms with E-state index in [1.54, 1.807) is 24.4 Å². The summed E-state index contributed by atoms with van der Waals surface area (Å²) in [6.45, 7) is 5.65. The number of carbonyl (C=O) groups excluding carboxylic acids is 1. The molecule has 1 amide bonds. The molecule has 3 rings (SSSR count). The van der Waals surface area contributed by atoms with Crippen LogP contribution in [-0.2, 0) is 11.2 Å². The third kappa shape index (κ3) is 4.25. The lowest BCUT2D eigenvalue weighted by molar-refractivity contribution is -0.130. The van der Waals surface area contributed by atoms with E-state index in [4.69, 9.17) is 16.6 Å². The summed E-state index contributed by atoms with van der Waals surface area (Å²) < 4.78 is 1.89. The van der Waals surface area contributed by atoms with E-state index in [-0.39, 0.29) is 18.1 Å². The predicted octanol–water partition coefficient (Wildman–Crippen LogP) is 4.55. The van der Waals surface area contributed by atoms with Crippen molar-refractivity contribution in [3.8, 4) is 17.0 Å². The molecule has 0 aliphatic heterocycles. The van der Waals surface area contributed by atoms with Gasteiger partial charge in [0.05, 0.1) is 22.8 Å². The van der Waals surface area contributed by atoms with Crippen LogP contribution in [-0.4, -0.2) is 38.4 Å². The van der Waals surface area contributed by atoms with Crippen molar-refractivity contribution in [2.75, 3.05) is 13.1 Å². The zero-order valence-corrected chi connectivity index (χ0v) is 16.4. The van der Waals surface area contributed by atoms with Gasteiger partial charge in [0.25, 0.3) is 0 Å². The molecule has 0 fully saturated rings. The zero-order valence-electron chi connectivity index (χ0n) is 15.7. The van der Waals surface area contributed by atoms with Crippen LogP contribution in [0.25, 0.3) is 16.9 Å². The molecule has 3 aromatic rings. The minimum Gasteiger partial charge on any atom is -0.508 e. The average Bonchev–Trinajstić information content (AvgIpc) is 3.00. The third-order valence-electron chi connectivity index (χ3n) is 4.48. The predicted molar refractivity (Wildman–Crippen MR) is 108 cm³/mol. The number of aromatic nitrogens is 2. The molecule has 0 spiro atoms. The lowest BCUT2D eigenvalue weighted by Gasteiger charge is -2.21. The molecule has 0 radical (unpaired) electrons. The minimum absolute atomic E-state index is 0.0838. The molecule has 0 bridgehead atoms. The Kier molecular flexibility index (Phi) is 6.01. The lowest BCUT2D eigenvalue weighted by atomic mass is 10.1. The van der Waals surface area contributed by atoms with E-state index in [2.05, 4.69) is 13.8 Å². The highest BCUT2D eigenvalue weighted by Gasteiger charge is 2.20. The van der Waals surface area contributed by atoms with E-state index < -0.39 is 0 Å². The Labute approximate surface area is 164 Å². The second-order valence-corrected chi connectivity index (χ2v) is 7.02. The van der Waals surface area contributed by atoms with Gasteiger partial charge in [0, 0.05) is 24.8 Å². The fourth-order valence-corrected chi connectivity index (χ4v) is 3.40.